The Hall–Kier alpha value is -0.840. The number of halogens is 2. The molecule has 0 unspecified atom stereocenters. The molecule has 4 heteroatoms. The molecule has 0 aliphatic rings. The Bertz CT molecular complexity index is 599. The van der Waals surface area contributed by atoms with Gasteiger partial charge in [0.05, 0.1) is 6.10 Å². The van der Waals surface area contributed by atoms with Gasteiger partial charge in [0.2, 0.25) is 0 Å². The Kier molecular flexibility index (Phi) is 4.66. The lowest BCUT2D eigenvalue weighted by Gasteiger charge is -2.13. The molecule has 0 saturated carbocycles. The van der Waals surface area contributed by atoms with Crippen molar-refractivity contribution in [2.24, 2.45) is 0 Å². The first-order valence-electron chi connectivity index (χ1n) is 5.89. The predicted molar refractivity (Wildman–Crippen MR) is 80.0 cm³/mol. The van der Waals surface area contributed by atoms with Crippen molar-refractivity contribution in [2.75, 3.05) is 0 Å². The lowest BCUT2D eigenvalue weighted by Crippen LogP contribution is -1.97. The molecule has 2 aromatic carbocycles. The van der Waals surface area contributed by atoms with Crippen LogP contribution in [-0.4, -0.2) is 5.11 Å². The van der Waals surface area contributed by atoms with Crippen molar-refractivity contribution in [1.82, 2.24) is 0 Å². The summed E-state index contributed by atoms with van der Waals surface area (Å²) in [5.74, 6) is -0.283. The second-order valence-corrected chi connectivity index (χ2v) is 6.41. The molecule has 0 saturated heterocycles. The van der Waals surface area contributed by atoms with E-state index < -0.39 is 6.10 Å². The molecule has 0 amide bonds. The van der Waals surface area contributed by atoms with Gasteiger partial charge in [-0.05, 0) is 55.3 Å². The molecular weight excluding hydrogens is 327 g/mol. The van der Waals surface area contributed by atoms with Crippen LogP contribution in [0.1, 0.15) is 24.2 Å². The van der Waals surface area contributed by atoms with Crippen molar-refractivity contribution in [3.63, 3.8) is 0 Å². The predicted octanol–water partition coefficient (Wildman–Crippen LogP) is 5.10. The van der Waals surface area contributed by atoms with Gasteiger partial charge in [-0.25, -0.2) is 4.39 Å². The Morgan fingerprint density at radius 1 is 1.26 bits per heavy atom. The molecule has 1 N–H and O–H groups in total. The van der Waals surface area contributed by atoms with Gasteiger partial charge in [0.1, 0.15) is 5.82 Å². The molecule has 0 bridgehead atoms. The number of aliphatic hydroxyl groups excluding tert-OH is 1. The monoisotopic (exact) mass is 340 g/mol. The topological polar surface area (TPSA) is 20.2 Å². The van der Waals surface area contributed by atoms with Crippen LogP contribution in [0.25, 0.3) is 0 Å². The lowest BCUT2D eigenvalue weighted by atomic mass is 10.1. The minimum absolute atomic E-state index is 0.283. The third-order valence-corrected chi connectivity index (χ3v) is 4.32. The third-order valence-electron chi connectivity index (χ3n) is 2.77. The maximum absolute atomic E-state index is 13.6. The third kappa shape index (κ3) is 3.59. The highest BCUT2D eigenvalue weighted by Crippen LogP contribution is 2.35. The van der Waals surface area contributed by atoms with Crippen molar-refractivity contribution >= 4 is 27.7 Å². The van der Waals surface area contributed by atoms with Crippen LogP contribution in [-0.2, 0) is 0 Å². The van der Waals surface area contributed by atoms with Gasteiger partial charge in [-0.1, -0.05) is 33.8 Å². The highest BCUT2D eigenvalue weighted by Gasteiger charge is 2.13. The summed E-state index contributed by atoms with van der Waals surface area (Å²) in [5, 5.41) is 9.76. The van der Waals surface area contributed by atoms with Crippen LogP contribution >= 0.6 is 27.7 Å². The van der Waals surface area contributed by atoms with E-state index in [0.29, 0.717) is 11.1 Å². The first kappa shape index (κ1) is 14.6. The van der Waals surface area contributed by atoms with Crippen molar-refractivity contribution in [3.8, 4) is 0 Å². The van der Waals surface area contributed by atoms with Crippen LogP contribution in [0.5, 0.6) is 0 Å². The van der Waals surface area contributed by atoms with Crippen molar-refractivity contribution in [2.45, 2.75) is 29.7 Å². The van der Waals surface area contributed by atoms with Gasteiger partial charge in [0.15, 0.2) is 0 Å². The maximum Gasteiger partial charge on any atom is 0.126 e. The largest absolute Gasteiger partial charge is 0.389 e. The van der Waals surface area contributed by atoms with E-state index in [1.807, 2.05) is 24.3 Å². The molecule has 0 spiro atoms. The lowest BCUT2D eigenvalue weighted by molar-refractivity contribution is 0.196. The summed E-state index contributed by atoms with van der Waals surface area (Å²) in [6, 6.07) is 11.1. The van der Waals surface area contributed by atoms with Crippen LogP contribution in [0.15, 0.2) is 50.7 Å². The number of rotatable bonds is 3. The Balaban J connectivity index is 2.41. The number of hydrogen-bond donors (Lipinski definition) is 1. The molecule has 100 valence electrons. The fourth-order valence-corrected chi connectivity index (χ4v) is 3.46. The second kappa shape index (κ2) is 6.07. The standard InChI is InChI=1S/C15H14BrFOS/c1-9-6-15(13(10(2)18)8-14(9)17)19-12-5-3-4-11(16)7-12/h3-8,10,18H,1-2H3/t10-/m0/s1. The van der Waals surface area contributed by atoms with E-state index in [1.165, 1.54) is 17.8 Å². The summed E-state index contributed by atoms with van der Waals surface area (Å²) < 4.78 is 14.6. The van der Waals surface area contributed by atoms with Crippen LogP contribution in [0, 0.1) is 12.7 Å². The van der Waals surface area contributed by atoms with Gasteiger partial charge in [-0.15, -0.1) is 0 Å². The van der Waals surface area contributed by atoms with E-state index >= 15 is 0 Å². The molecule has 0 radical (unpaired) electrons. The zero-order chi connectivity index (χ0) is 14.0. The van der Waals surface area contributed by atoms with Crippen LogP contribution in [0.2, 0.25) is 0 Å². The van der Waals surface area contributed by atoms with Gasteiger partial charge >= 0.3 is 0 Å². The van der Waals surface area contributed by atoms with Gasteiger partial charge in [-0.2, -0.15) is 0 Å². The normalized spacial score (nSPS) is 12.5. The molecule has 2 aromatic rings. The molecule has 1 atom stereocenters. The van der Waals surface area contributed by atoms with Crippen LogP contribution in [0.3, 0.4) is 0 Å². The average molecular weight is 341 g/mol. The minimum Gasteiger partial charge on any atom is -0.389 e. The Morgan fingerprint density at radius 3 is 2.63 bits per heavy atom. The zero-order valence-corrected chi connectivity index (χ0v) is 13.1. The Morgan fingerprint density at radius 2 is 2.00 bits per heavy atom. The van der Waals surface area contributed by atoms with E-state index in [-0.39, 0.29) is 5.82 Å². The van der Waals surface area contributed by atoms with Crippen LogP contribution in [0.4, 0.5) is 4.39 Å². The van der Waals surface area contributed by atoms with E-state index in [2.05, 4.69) is 15.9 Å². The summed E-state index contributed by atoms with van der Waals surface area (Å²) >= 11 is 4.95. The summed E-state index contributed by atoms with van der Waals surface area (Å²) in [6.45, 7) is 3.38. The first-order valence-corrected chi connectivity index (χ1v) is 7.50. The molecule has 1 nitrogen and oxygen atoms in total. The molecule has 0 aromatic heterocycles. The molecule has 0 aliphatic carbocycles. The zero-order valence-electron chi connectivity index (χ0n) is 10.7. The Labute approximate surface area is 125 Å². The van der Waals surface area contributed by atoms with Gasteiger partial charge in [0, 0.05) is 14.3 Å². The number of aliphatic hydroxyl groups is 1. The van der Waals surface area contributed by atoms with Gasteiger partial charge < -0.3 is 5.11 Å². The molecule has 0 fully saturated rings. The van der Waals surface area contributed by atoms with Crippen LogP contribution < -0.4 is 0 Å². The maximum atomic E-state index is 13.6. The summed E-state index contributed by atoms with van der Waals surface area (Å²) in [4.78, 5) is 1.93. The van der Waals surface area contributed by atoms with E-state index in [1.54, 1.807) is 19.9 Å². The molecule has 0 aliphatic heterocycles. The number of benzene rings is 2. The highest BCUT2D eigenvalue weighted by molar-refractivity contribution is 9.10. The van der Waals surface area contributed by atoms with Gasteiger partial charge in [0.25, 0.3) is 0 Å². The van der Waals surface area contributed by atoms with E-state index in [4.69, 9.17) is 0 Å². The molecule has 0 heterocycles. The average Bonchev–Trinajstić information content (AvgIpc) is 2.33. The van der Waals surface area contributed by atoms with Crippen molar-refractivity contribution < 1.29 is 9.50 Å². The minimum atomic E-state index is -0.690. The smallest absolute Gasteiger partial charge is 0.126 e. The molecule has 2 rings (SSSR count). The summed E-state index contributed by atoms with van der Waals surface area (Å²) in [7, 11) is 0. The fraction of sp³-hybridized carbons (Fsp3) is 0.200. The van der Waals surface area contributed by atoms with Gasteiger partial charge in [-0.3, -0.25) is 0 Å². The highest BCUT2D eigenvalue weighted by atomic mass is 79.9. The summed E-state index contributed by atoms with van der Waals surface area (Å²) in [5.41, 5.74) is 1.20. The number of aryl methyl sites for hydroxylation is 1. The second-order valence-electron chi connectivity index (χ2n) is 4.37. The summed E-state index contributed by atoms with van der Waals surface area (Å²) in [6.07, 6.45) is -0.690. The van der Waals surface area contributed by atoms with Crippen molar-refractivity contribution in [1.29, 1.82) is 0 Å². The fourth-order valence-electron chi connectivity index (χ4n) is 1.74. The molecule has 19 heavy (non-hydrogen) atoms. The number of hydrogen-bond acceptors (Lipinski definition) is 2. The molecular formula is C15H14BrFOS. The van der Waals surface area contributed by atoms with E-state index in [9.17, 15) is 9.50 Å². The quantitative estimate of drug-likeness (QED) is 0.838. The van der Waals surface area contributed by atoms with E-state index in [0.717, 1.165) is 14.3 Å². The first-order chi connectivity index (χ1) is 8.97. The van der Waals surface area contributed by atoms with Crippen molar-refractivity contribution in [3.05, 3.63) is 57.8 Å². The SMILES string of the molecule is Cc1cc(Sc2cccc(Br)c2)c([C@H](C)O)cc1F.